The molecule has 0 bridgehead atoms. The number of rotatable bonds is 11. The molecule has 1 atom stereocenters. The lowest BCUT2D eigenvalue weighted by molar-refractivity contribution is -0.139. The summed E-state index contributed by atoms with van der Waals surface area (Å²) < 4.78 is 29.7. The molecule has 7 nitrogen and oxygen atoms in total. The third-order valence-corrected chi connectivity index (χ3v) is 8.54. The van der Waals surface area contributed by atoms with E-state index in [9.17, 15) is 18.0 Å². The first-order valence-corrected chi connectivity index (χ1v) is 15.1. The normalized spacial score (nSPS) is 12.2. The lowest BCUT2D eigenvalue weighted by Gasteiger charge is -2.32. The van der Waals surface area contributed by atoms with Crippen LogP contribution in [0, 0.1) is 19.8 Å². The monoisotopic (exact) mass is 613 g/mol. The average molecular weight is 615 g/mol. The molecule has 0 fully saturated rings. The van der Waals surface area contributed by atoms with Gasteiger partial charge in [-0.3, -0.25) is 13.9 Å². The first kappa shape index (κ1) is 30.4. The molecule has 2 amide bonds. The predicted molar refractivity (Wildman–Crippen MR) is 159 cm³/mol. The van der Waals surface area contributed by atoms with Crippen LogP contribution in [0.25, 0.3) is 0 Å². The first-order chi connectivity index (χ1) is 18.4. The average Bonchev–Trinajstić information content (AvgIpc) is 2.89. The summed E-state index contributed by atoms with van der Waals surface area (Å²) in [6.45, 7) is 9.57. The number of carbonyl (C=O) groups is 2. The fourth-order valence-electron chi connectivity index (χ4n) is 4.16. The van der Waals surface area contributed by atoms with E-state index >= 15 is 0 Å². The minimum Gasteiger partial charge on any atom is -0.354 e. The van der Waals surface area contributed by atoms with Crippen molar-refractivity contribution in [1.82, 2.24) is 10.2 Å². The third kappa shape index (κ3) is 8.16. The highest BCUT2D eigenvalue weighted by atomic mass is 79.9. The second kappa shape index (κ2) is 13.3. The number of anilines is 1. The van der Waals surface area contributed by atoms with Gasteiger partial charge in [0, 0.05) is 17.6 Å². The quantitative estimate of drug-likeness (QED) is 0.311. The molecule has 0 radical (unpaired) electrons. The van der Waals surface area contributed by atoms with Crippen LogP contribution < -0.4 is 9.62 Å². The third-order valence-electron chi connectivity index (χ3n) is 6.22. The van der Waals surface area contributed by atoms with Gasteiger partial charge in [0.05, 0.1) is 10.6 Å². The van der Waals surface area contributed by atoms with E-state index < -0.39 is 28.5 Å². The van der Waals surface area contributed by atoms with Gasteiger partial charge in [0.1, 0.15) is 12.6 Å². The molecule has 3 aromatic carbocycles. The molecule has 3 aromatic rings. The van der Waals surface area contributed by atoms with E-state index in [0.29, 0.717) is 12.2 Å². The molecular weight excluding hydrogens is 578 g/mol. The summed E-state index contributed by atoms with van der Waals surface area (Å²) in [6.07, 6.45) is 0. The summed E-state index contributed by atoms with van der Waals surface area (Å²) in [6, 6.07) is 20.1. The molecule has 0 unspecified atom stereocenters. The molecule has 0 saturated carbocycles. The number of carbonyl (C=O) groups excluding carboxylic acids is 2. The van der Waals surface area contributed by atoms with Crippen LogP contribution in [0.2, 0.25) is 0 Å². The summed E-state index contributed by atoms with van der Waals surface area (Å²) in [5.74, 6) is -0.533. The van der Waals surface area contributed by atoms with Gasteiger partial charge in [-0.05, 0) is 79.8 Å². The molecule has 39 heavy (non-hydrogen) atoms. The van der Waals surface area contributed by atoms with Crippen molar-refractivity contribution in [3.8, 4) is 0 Å². The van der Waals surface area contributed by atoms with Crippen molar-refractivity contribution in [1.29, 1.82) is 0 Å². The number of nitrogens with zero attached hydrogens (tertiary/aromatic N) is 2. The summed E-state index contributed by atoms with van der Waals surface area (Å²) >= 11 is 3.42. The van der Waals surface area contributed by atoms with Crippen molar-refractivity contribution >= 4 is 43.5 Å². The maximum atomic E-state index is 14.0. The minimum absolute atomic E-state index is 0.0825. The highest BCUT2D eigenvalue weighted by Gasteiger charge is 2.32. The van der Waals surface area contributed by atoms with Gasteiger partial charge in [0.2, 0.25) is 11.8 Å². The summed E-state index contributed by atoms with van der Waals surface area (Å²) in [7, 11) is -4.08. The van der Waals surface area contributed by atoms with Gasteiger partial charge in [-0.1, -0.05) is 66.2 Å². The van der Waals surface area contributed by atoms with Crippen LogP contribution in [-0.4, -0.2) is 44.3 Å². The van der Waals surface area contributed by atoms with E-state index in [0.717, 1.165) is 25.5 Å². The second-order valence-electron chi connectivity index (χ2n) is 10.1. The molecule has 0 saturated heterocycles. The maximum absolute atomic E-state index is 14.0. The topological polar surface area (TPSA) is 86.8 Å². The van der Waals surface area contributed by atoms with E-state index in [1.165, 1.54) is 17.0 Å². The highest BCUT2D eigenvalue weighted by molar-refractivity contribution is 9.10. The number of benzene rings is 3. The molecule has 0 spiro atoms. The molecule has 0 aliphatic heterocycles. The van der Waals surface area contributed by atoms with Gasteiger partial charge in [0.25, 0.3) is 10.0 Å². The van der Waals surface area contributed by atoms with E-state index in [2.05, 4.69) is 21.2 Å². The number of hydrogen-bond acceptors (Lipinski definition) is 4. The zero-order valence-electron chi connectivity index (χ0n) is 23.0. The summed E-state index contributed by atoms with van der Waals surface area (Å²) in [5, 5.41) is 2.90. The largest absolute Gasteiger partial charge is 0.354 e. The Bertz CT molecular complexity index is 1370. The van der Waals surface area contributed by atoms with Crippen molar-refractivity contribution in [3.05, 3.63) is 94.0 Å². The number of sulfonamides is 1. The predicted octanol–water partition coefficient (Wildman–Crippen LogP) is 5.45. The Morgan fingerprint density at radius 1 is 0.897 bits per heavy atom. The van der Waals surface area contributed by atoms with Crippen molar-refractivity contribution in [2.24, 2.45) is 5.92 Å². The Labute approximate surface area is 240 Å². The standard InChI is InChI=1S/C30H36BrN3O4S/c1-21(2)18-32-30(36)24(5)33(19-25-11-13-26(31)14-12-25)29(35)20-34(27-16-22(3)15-23(4)17-27)39(37,38)28-9-7-6-8-10-28/h6-17,21,24H,18-20H2,1-5H3,(H,32,36)/t24-/m0/s1. The van der Waals surface area contributed by atoms with Gasteiger partial charge in [-0.25, -0.2) is 8.42 Å². The highest BCUT2D eigenvalue weighted by Crippen LogP contribution is 2.26. The molecule has 1 N–H and O–H groups in total. The molecule has 0 heterocycles. The molecule has 208 valence electrons. The SMILES string of the molecule is Cc1cc(C)cc(N(CC(=O)N(Cc2ccc(Br)cc2)[C@@H](C)C(=O)NCC(C)C)S(=O)(=O)c2ccccc2)c1. The molecule has 0 aliphatic rings. The lowest BCUT2D eigenvalue weighted by atomic mass is 10.1. The van der Waals surface area contributed by atoms with E-state index in [-0.39, 0.29) is 23.3 Å². The molecular formula is C30H36BrN3O4S. The van der Waals surface area contributed by atoms with E-state index in [4.69, 9.17) is 0 Å². The van der Waals surface area contributed by atoms with Crippen LogP contribution in [0.1, 0.15) is 37.5 Å². The summed E-state index contributed by atoms with van der Waals surface area (Å²) in [5.41, 5.74) is 2.96. The number of halogens is 1. The van der Waals surface area contributed by atoms with Gasteiger partial charge in [-0.2, -0.15) is 0 Å². The van der Waals surface area contributed by atoms with Crippen LogP contribution in [0.4, 0.5) is 5.69 Å². The van der Waals surface area contributed by atoms with Crippen molar-refractivity contribution in [2.45, 2.75) is 52.1 Å². The maximum Gasteiger partial charge on any atom is 0.264 e. The Morgan fingerprint density at radius 3 is 2.05 bits per heavy atom. The Kier molecular flexibility index (Phi) is 10.3. The Hall–Kier alpha value is -3.17. The van der Waals surface area contributed by atoms with Gasteiger partial charge in [0.15, 0.2) is 0 Å². The van der Waals surface area contributed by atoms with Crippen LogP contribution in [0.5, 0.6) is 0 Å². The van der Waals surface area contributed by atoms with E-state index in [1.54, 1.807) is 37.3 Å². The van der Waals surface area contributed by atoms with Crippen molar-refractivity contribution < 1.29 is 18.0 Å². The number of hydrogen-bond donors (Lipinski definition) is 1. The lowest BCUT2D eigenvalue weighted by Crippen LogP contribution is -2.51. The molecule has 0 aliphatic carbocycles. The Balaban J connectivity index is 2.03. The van der Waals surface area contributed by atoms with Crippen LogP contribution in [-0.2, 0) is 26.2 Å². The Morgan fingerprint density at radius 2 is 1.49 bits per heavy atom. The van der Waals surface area contributed by atoms with Gasteiger partial charge < -0.3 is 10.2 Å². The van der Waals surface area contributed by atoms with E-state index in [1.807, 2.05) is 58.0 Å². The van der Waals surface area contributed by atoms with Crippen LogP contribution in [0.3, 0.4) is 0 Å². The number of aryl methyl sites for hydroxylation is 2. The zero-order valence-corrected chi connectivity index (χ0v) is 25.4. The fourth-order valence-corrected chi connectivity index (χ4v) is 5.85. The zero-order chi connectivity index (χ0) is 28.7. The fraction of sp³-hybridized carbons (Fsp3) is 0.333. The summed E-state index contributed by atoms with van der Waals surface area (Å²) in [4.78, 5) is 28.5. The first-order valence-electron chi connectivity index (χ1n) is 12.9. The molecule has 3 rings (SSSR count). The van der Waals surface area contributed by atoms with Gasteiger partial charge in [-0.15, -0.1) is 0 Å². The number of amides is 2. The van der Waals surface area contributed by atoms with Gasteiger partial charge >= 0.3 is 0 Å². The smallest absolute Gasteiger partial charge is 0.264 e. The number of nitrogens with one attached hydrogen (secondary N) is 1. The van der Waals surface area contributed by atoms with Crippen molar-refractivity contribution in [3.63, 3.8) is 0 Å². The van der Waals surface area contributed by atoms with Crippen molar-refractivity contribution in [2.75, 3.05) is 17.4 Å². The minimum atomic E-state index is -4.08. The van der Waals surface area contributed by atoms with Crippen LogP contribution in [0.15, 0.2) is 82.2 Å². The molecule has 0 aromatic heterocycles. The second-order valence-corrected chi connectivity index (χ2v) is 12.9. The molecule has 9 heteroatoms. The van der Waals surface area contributed by atoms with Crippen LogP contribution >= 0.6 is 15.9 Å².